The molecule has 0 unspecified atom stereocenters. The van der Waals surface area contributed by atoms with Gasteiger partial charge in [0.25, 0.3) is 0 Å². The first kappa shape index (κ1) is 15.3. The number of amides is 3. The van der Waals surface area contributed by atoms with Gasteiger partial charge in [0.05, 0.1) is 7.11 Å². The molecule has 7 heteroatoms. The Hall–Kier alpha value is -3.09. The molecule has 0 aliphatic carbocycles. The Bertz CT molecular complexity index is 646. The standard InChI is InChI=1S/C15H16N4O3/c1-22-15(21)19-13-6-2-5-12(8-13)18-14(20)17-10-11-4-3-7-16-9-11/h2-9H,10H2,1H3,(H,19,21)(H2,17,18,20). The van der Waals surface area contributed by atoms with Crippen molar-refractivity contribution < 1.29 is 14.3 Å². The van der Waals surface area contributed by atoms with Crippen LogP contribution < -0.4 is 16.0 Å². The van der Waals surface area contributed by atoms with Gasteiger partial charge in [0.15, 0.2) is 0 Å². The van der Waals surface area contributed by atoms with E-state index in [0.29, 0.717) is 17.9 Å². The average molecular weight is 300 g/mol. The third-order valence-corrected chi connectivity index (χ3v) is 2.73. The zero-order valence-electron chi connectivity index (χ0n) is 12.0. The number of ether oxygens (including phenoxy) is 1. The largest absolute Gasteiger partial charge is 0.453 e. The summed E-state index contributed by atoms with van der Waals surface area (Å²) in [6.07, 6.45) is 2.78. The minimum atomic E-state index is -0.571. The number of methoxy groups -OCH3 is 1. The monoisotopic (exact) mass is 300 g/mol. The van der Waals surface area contributed by atoms with E-state index in [1.165, 1.54) is 7.11 Å². The Morgan fingerprint density at radius 3 is 2.59 bits per heavy atom. The number of hydrogen-bond acceptors (Lipinski definition) is 4. The highest BCUT2D eigenvalue weighted by Crippen LogP contribution is 2.15. The van der Waals surface area contributed by atoms with Crippen molar-refractivity contribution in [2.24, 2.45) is 0 Å². The van der Waals surface area contributed by atoms with Crippen LogP contribution in [-0.4, -0.2) is 24.2 Å². The third kappa shape index (κ3) is 4.78. The van der Waals surface area contributed by atoms with Crippen LogP contribution in [0, 0.1) is 0 Å². The molecule has 3 N–H and O–H groups in total. The second-order valence-corrected chi connectivity index (χ2v) is 4.37. The number of hydrogen-bond donors (Lipinski definition) is 3. The number of rotatable bonds is 4. The predicted octanol–water partition coefficient (Wildman–Crippen LogP) is 2.58. The molecule has 1 heterocycles. The molecule has 7 nitrogen and oxygen atoms in total. The smallest absolute Gasteiger partial charge is 0.411 e. The van der Waals surface area contributed by atoms with Gasteiger partial charge in [-0.15, -0.1) is 0 Å². The average Bonchev–Trinajstić information content (AvgIpc) is 2.54. The molecule has 2 aromatic rings. The first-order chi connectivity index (χ1) is 10.7. The van der Waals surface area contributed by atoms with Crippen LogP contribution in [-0.2, 0) is 11.3 Å². The van der Waals surface area contributed by atoms with Crippen LogP contribution in [0.25, 0.3) is 0 Å². The summed E-state index contributed by atoms with van der Waals surface area (Å²) >= 11 is 0. The molecule has 0 fully saturated rings. The van der Waals surface area contributed by atoms with Crippen LogP contribution in [0.4, 0.5) is 21.0 Å². The van der Waals surface area contributed by atoms with E-state index in [9.17, 15) is 9.59 Å². The molecule has 0 atom stereocenters. The summed E-state index contributed by atoms with van der Waals surface area (Å²) in [5.41, 5.74) is 1.98. The lowest BCUT2D eigenvalue weighted by molar-refractivity contribution is 0.187. The zero-order valence-corrected chi connectivity index (χ0v) is 12.0. The van der Waals surface area contributed by atoms with Gasteiger partial charge in [-0.25, -0.2) is 9.59 Å². The van der Waals surface area contributed by atoms with Gasteiger partial charge in [-0.05, 0) is 29.8 Å². The van der Waals surface area contributed by atoms with Crippen molar-refractivity contribution in [3.63, 3.8) is 0 Å². The minimum Gasteiger partial charge on any atom is -0.453 e. The van der Waals surface area contributed by atoms with E-state index < -0.39 is 6.09 Å². The summed E-state index contributed by atoms with van der Waals surface area (Å²) in [5.74, 6) is 0. The number of nitrogens with zero attached hydrogens (tertiary/aromatic N) is 1. The molecule has 0 radical (unpaired) electrons. The van der Waals surface area contributed by atoms with E-state index in [1.807, 2.05) is 6.07 Å². The van der Waals surface area contributed by atoms with Crippen molar-refractivity contribution in [1.82, 2.24) is 10.3 Å². The Labute approximate surface area is 127 Å². The number of pyridine rings is 1. The Morgan fingerprint density at radius 1 is 1.14 bits per heavy atom. The number of carbonyl (C=O) groups is 2. The summed E-state index contributed by atoms with van der Waals surface area (Å²) in [7, 11) is 1.28. The quantitative estimate of drug-likeness (QED) is 0.809. The normalized spacial score (nSPS) is 9.68. The highest BCUT2D eigenvalue weighted by atomic mass is 16.5. The fourth-order valence-corrected chi connectivity index (χ4v) is 1.70. The molecular weight excluding hydrogens is 284 g/mol. The van der Waals surface area contributed by atoms with Crippen LogP contribution in [0.15, 0.2) is 48.8 Å². The first-order valence-corrected chi connectivity index (χ1v) is 6.56. The SMILES string of the molecule is COC(=O)Nc1cccc(NC(=O)NCc2cccnc2)c1. The maximum atomic E-state index is 11.8. The van der Waals surface area contributed by atoms with Crippen molar-refractivity contribution in [1.29, 1.82) is 0 Å². The molecule has 22 heavy (non-hydrogen) atoms. The van der Waals surface area contributed by atoms with Gasteiger partial charge in [0.1, 0.15) is 0 Å². The lowest BCUT2D eigenvalue weighted by Gasteiger charge is -2.09. The molecule has 3 amide bonds. The van der Waals surface area contributed by atoms with Crippen LogP contribution >= 0.6 is 0 Å². The van der Waals surface area contributed by atoms with E-state index >= 15 is 0 Å². The van der Waals surface area contributed by atoms with Gasteiger partial charge >= 0.3 is 12.1 Å². The Kier molecular flexibility index (Phi) is 5.31. The predicted molar refractivity (Wildman–Crippen MR) is 82.6 cm³/mol. The highest BCUT2D eigenvalue weighted by molar-refractivity contribution is 5.91. The van der Waals surface area contributed by atoms with E-state index in [2.05, 4.69) is 25.7 Å². The van der Waals surface area contributed by atoms with E-state index in [0.717, 1.165) is 5.56 Å². The molecule has 0 saturated carbocycles. The summed E-state index contributed by atoms with van der Waals surface area (Å²) in [6, 6.07) is 10.1. The molecule has 0 bridgehead atoms. The van der Waals surface area contributed by atoms with Crippen molar-refractivity contribution in [2.75, 3.05) is 17.7 Å². The molecule has 114 valence electrons. The third-order valence-electron chi connectivity index (χ3n) is 2.73. The summed E-state index contributed by atoms with van der Waals surface area (Å²) in [4.78, 5) is 26.9. The zero-order chi connectivity index (χ0) is 15.8. The van der Waals surface area contributed by atoms with Crippen molar-refractivity contribution in [3.05, 3.63) is 54.4 Å². The number of aromatic nitrogens is 1. The van der Waals surface area contributed by atoms with E-state index in [1.54, 1.807) is 42.7 Å². The number of nitrogens with one attached hydrogen (secondary N) is 3. The second-order valence-electron chi connectivity index (χ2n) is 4.37. The van der Waals surface area contributed by atoms with Gasteiger partial charge in [-0.2, -0.15) is 0 Å². The van der Waals surface area contributed by atoms with Crippen molar-refractivity contribution >= 4 is 23.5 Å². The molecule has 1 aromatic heterocycles. The number of benzene rings is 1. The first-order valence-electron chi connectivity index (χ1n) is 6.56. The molecule has 0 aliphatic heterocycles. The molecular formula is C15H16N4O3. The Balaban J connectivity index is 1.88. The van der Waals surface area contributed by atoms with Gasteiger partial charge in [0, 0.05) is 30.3 Å². The lowest BCUT2D eigenvalue weighted by atomic mass is 10.3. The maximum absolute atomic E-state index is 11.8. The van der Waals surface area contributed by atoms with Crippen LogP contribution in [0.5, 0.6) is 0 Å². The van der Waals surface area contributed by atoms with Gasteiger partial charge in [-0.1, -0.05) is 12.1 Å². The molecule has 2 rings (SSSR count). The topological polar surface area (TPSA) is 92.4 Å². The molecule has 0 spiro atoms. The fourth-order valence-electron chi connectivity index (χ4n) is 1.70. The van der Waals surface area contributed by atoms with Crippen LogP contribution in [0.3, 0.4) is 0 Å². The minimum absolute atomic E-state index is 0.348. The maximum Gasteiger partial charge on any atom is 0.411 e. The number of urea groups is 1. The highest BCUT2D eigenvalue weighted by Gasteiger charge is 2.04. The van der Waals surface area contributed by atoms with Gasteiger partial charge < -0.3 is 15.4 Å². The molecule has 0 saturated heterocycles. The molecule has 1 aromatic carbocycles. The molecule has 0 aliphatic rings. The van der Waals surface area contributed by atoms with Crippen LogP contribution in [0.1, 0.15) is 5.56 Å². The van der Waals surface area contributed by atoms with Gasteiger partial charge in [0.2, 0.25) is 0 Å². The van der Waals surface area contributed by atoms with E-state index in [-0.39, 0.29) is 6.03 Å². The lowest BCUT2D eigenvalue weighted by Crippen LogP contribution is -2.28. The van der Waals surface area contributed by atoms with E-state index in [4.69, 9.17) is 0 Å². The summed E-state index contributed by atoms with van der Waals surface area (Å²) < 4.78 is 4.51. The second kappa shape index (κ2) is 7.63. The van der Waals surface area contributed by atoms with Crippen LogP contribution in [0.2, 0.25) is 0 Å². The fraction of sp³-hybridized carbons (Fsp3) is 0.133. The van der Waals surface area contributed by atoms with Crippen molar-refractivity contribution in [3.8, 4) is 0 Å². The summed E-state index contributed by atoms with van der Waals surface area (Å²) in [5, 5.41) is 7.92. The number of carbonyl (C=O) groups excluding carboxylic acids is 2. The Morgan fingerprint density at radius 2 is 1.91 bits per heavy atom. The summed E-state index contributed by atoms with van der Waals surface area (Å²) in [6.45, 7) is 0.375. The van der Waals surface area contributed by atoms with Gasteiger partial charge in [-0.3, -0.25) is 10.3 Å². The van der Waals surface area contributed by atoms with Crippen molar-refractivity contribution in [2.45, 2.75) is 6.54 Å². The number of anilines is 2.